The van der Waals surface area contributed by atoms with Crippen LogP contribution in [-0.4, -0.2) is 26.9 Å². The molecule has 2 aliphatic carbocycles. The minimum absolute atomic E-state index is 0.0488. The van der Waals surface area contributed by atoms with Gasteiger partial charge in [0.2, 0.25) is 5.56 Å². The molecule has 1 amide bonds. The van der Waals surface area contributed by atoms with Gasteiger partial charge in [0, 0.05) is 41.0 Å². The number of para-hydroxylation sites is 1. The number of pyridine rings is 1. The molecule has 1 aromatic carbocycles. The van der Waals surface area contributed by atoms with Crippen molar-refractivity contribution >= 4 is 16.8 Å². The van der Waals surface area contributed by atoms with Gasteiger partial charge in [0.25, 0.3) is 5.91 Å². The Balaban J connectivity index is 1.33. The summed E-state index contributed by atoms with van der Waals surface area (Å²) in [6.45, 7) is 0. The lowest BCUT2D eigenvalue weighted by Gasteiger charge is -2.22. The van der Waals surface area contributed by atoms with E-state index in [4.69, 9.17) is 4.98 Å². The van der Waals surface area contributed by atoms with Gasteiger partial charge in [-0.3, -0.25) is 9.59 Å². The number of hydrogen-bond donors (Lipinski definition) is 3. The third-order valence-electron chi connectivity index (χ3n) is 6.39. The fourth-order valence-electron chi connectivity index (χ4n) is 4.85. The van der Waals surface area contributed by atoms with Crippen molar-refractivity contribution < 1.29 is 4.79 Å². The van der Waals surface area contributed by atoms with Crippen molar-refractivity contribution in [2.75, 3.05) is 0 Å². The van der Waals surface area contributed by atoms with Crippen molar-refractivity contribution in [2.45, 2.75) is 63.3 Å². The summed E-state index contributed by atoms with van der Waals surface area (Å²) in [5.74, 6) is 1.51. The maximum Gasteiger partial charge on any atom is 0.252 e. The molecular formula is C23H26N4O2. The number of rotatable bonds is 3. The molecule has 1 atom stereocenters. The maximum absolute atomic E-state index is 13.0. The number of nitrogens with zero attached hydrogens (tertiary/aromatic N) is 1. The molecule has 6 heteroatoms. The molecule has 29 heavy (non-hydrogen) atoms. The van der Waals surface area contributed by atoms with Crippen LogP contribution in [0.1, 0.15) is 72.0 Å². The second kappa shape index (κ2) is 7.50. The molecule has 1 saturated carbocycles. The van der Waals surface area contributed by atoms with E-state index in [1.54, 1.807) is 0 Å². The van der Waals surface area contributed by atoms with Crippen LogP contribution in [0, 0.1) is 0 Å². The zero-order valence-electron chi connectivity index (χ0n) is 16.5. The van der Waals surface area contributed by atoms with Gasteiger partial charge in [-0.2, -0.15) is 0 Å². The Hall–Kier alpha value is -2.89. The van der Waals surface area contributed by atoms with Gasteiger partial charge in [-0.05, 0) is 31.7 Å². The number of imidazole rings is 1. The Bertz CT molecular complexity index is 1110. The van der Waals surface area contributed by atoms with E-state index < -0.39 is 0 Å². The largest absolute Gasteiger partial charge is 0.349 e. The highest BCUT2D eigenvalue weighted by Crippen LogP contribution is 2.32. The van der Waals surface area contributed by atoms with Crippen molar-refractivity contribution in [3.8, 4) is 0 Å². The molecule has 0 spiro atoms. The van der Waals surface area contributed by atoms with Gasteiger partial charge in [0.1, 0.15) is 5.82 Å². The number of benzene rings is 1. The lowest BCUT2D eigenvalue weighted by atomic mass is 9.89. The number of hydrogen-bond acceptors (Lipinski definition) is 3. The van der Waals surface area contributed by atoms with Crippen LogP contribution < -0.4 is 10.9 Å². The SMILES string of the molecule is O=C(NC1CCc2nc(C3CCCCC3)[nH]c2C1)c1cc(=O)[nH]c2ccccc12. The van der Waals surface area contributed by atoms with Crippen LogP contribution >= 0.6 is 0 Å². The minimum Gasteiger partial charge on any atom is -0.349 e. The highest BCUT2D eigenvalue weighted by molar-refractivity contribution is 6.06. The third kappa shape index (κ3) is 3.59. The molecule has 0 radical (unpaired) electrons. The molecule has 2 heterocycles. The molecule has 0 bridgehead atoms. The summed E-state index contributed by atoms with van der Waals surface area (Å²) in [5.41, 5.74) is 3.19. The normalized spacial score (nSPS) is 19.8. The first kappa shape index (κ1) is 18.2. The standard InChI is InChI=1S/C23H26N4O2/c28-21-13-17(16-8-4-5-9-18(16)25-21)23(29)24-15-10-11-19-20(12-15)27-22(26-19)14-6-2-1-3-7-14/h4-5,8-9,13-15H,1-3,6-7,10-12H2,(H,24,29)(H,25,28)(H,26,27). The summed E-state index contributed by atoms with van der Waals surface area (Å²) in [5, 5.41) is 3.91. The second-order valence-electron chi connectivity index (χ2n) is 8.39. The predicted octanol–water partition coefficient (Wildman–Crippen LogP) is 3.59. The first-order valence-electron chi connectivity index (χ1n) is 10.7. The molecular weight excluding hydrogens is 364 g/mol. The Morgan fingerprint density at radius 1 is 1.07 bits per heavy atom. The average Bonchev–Trinajstić information content (AvgIpc) is 3.17. The third-order valence-corrected chi connectivity index (χ3v) is 6.39. The molecule has 5 rings (SSSR count). The Morgan fingerprint density at radius 2 is 1.90 bits per heavy atom. The summed E-state index contributed by atoms with van der Waals surface area (Å²) >= 11 is 0. The Kier molecular flexibility index (Phi) is 4.70. The molecule has 3 aromatic rings. The molecule has 2 aromatic heterocycles. The number of aryl methyl sites for hydroxylation is 1. The zero-order chi connectivity index (χ0) is 19.8. The highest BCUT2D eigenvalue weighted by Gasteiger charge is 2.27. The number of fused-ring (bicyclic) bond motifs is 2. The van der Waals surface area contributed by atoms with E-state index in [-0.39, 0.29) is 17.5 Å². The number of carbonyl (C=O) groups is 1. The second-order valence-corrected chi connectivity index (χ2v) is 8.39. The summed E-state index contributed by atoms with van der Waals surface area (Å²) in [6.07, 6.45) is 8.88. The van der Waals surface area contributed by atoms with Crippen LogP contribution in [0.4, 0.5) is 0 Å². The molecule has 3 N–H and O–H groups in total. The number of H-pyrrole nitrogens is 2. The van der Waals surface area contributed by atoms with Crippen LogP contribution in [0.5, 0.6) is 0 Å². The molecule has 150 valence electrons. The lowest BCUT2D eigenvalue weighted by molar-refractivity contribution is 0.0935. The van der Waals surface area contributed by atoms with Crippen LogP contribution in [0.2, 0.25) is 0 Å². The lowest BCUT2D eigenvalue weighted by Crippen LogP contribution is -2.39. The molecule has 0 aliphatic heterocycles. The average molecular weight is 390 g/mol. The first-order chi connectivity index (χ1) is 14.2. The van der Waals surface area contributed by atoms with Gasteiger partial charge in [-0.1, -0.05) is 37.5 Å². The number of aromatic nitrogens is 3. The minimum atomic E-state index is -0.259. The summed E-state index contributed by atoms with van der Waals surface area (Å²) < 4.78 is 0. The van der Waals surface area contributed by atoms with Crippen molar-refractivity contribution in [2.24, 2.45) is 0 Å². The van der Waals surface area contributed by atoms with Crippen LogP contribution in [0.15, 0.2) is 35.1 Å². The van der Waals surface area contributed by atoms with Gasteiger partial charge in [0.05, 0.1) is 11.3 Å². The molecule has 1 unspecified atom stereocenters. The number of amides is 1. The van der Waals surface area contributed by atoms with E-state index in [1.165, 1.54) is 38.2 Å². The van der Waals surface area contributed by atoms with E-state index in [2.05, 4.69) is 15.3 Å². The van der Waals surface area contributed by atoms with Gasteiger partial charge >= 0.3 is 0 Å². The molecule has 1 fully saturated rings. The summed E-state index contributed by atoms with van der Waals surface area (Å²) in [6, 6.07) is 8.85. The van der Waals surface area contributed by atoms with E-state index >= 15 is 0 Å². The Morgan fingerprint density at radius 3 is 2.76 bits per heavy atom. The van der Waals surface area contributed by atoms with Crippen LogP contribution in [-0.2, 0) is 12.8 Å². The van der Waals surface area contributed by atoms with Gasteiger partial charge in [-0.25, -0.2) is 4.98 Å². The van der Waals surface area contributed by atoms with E-state index in [1.807, 2.05) is 24.3 Å². The van der Waals surface area contributed by atoms with Crippen LogP contribution in [0.25, 0.3) is 10.9 Å². The van der Waals surface area contributed by atoms with Gasteiger partial charge < -0.3 is 15.3 Å². The summed E-state index contributed by atoms with van der Waals surface area (Å²) in [4.78, 5) is 36.2. The van der Waals surface area contributed by atoms with Gasteiger partial charge in [0.15, 0.2) is 0 Å². The van der Waals surface area contributed by atoms with E-state index in [9.17, 15) is 9.59 Å². The first-order valence-corrected chi connectivity index (χ1v) is 10.7. The number of nitrogens with one attached hydrogen (secondary N) is 3. The van der Waals surface area contributed by atoms with E-state index in [0.717, 1.165) is 41.9 Å². The molecule has 0 saturated heterocycles. The van der Waals surface area contributed by atoms with E-state index in [0.29, 0.717) is 17.0 Å². The maximum atomic E-state index is 13.0. The quantitative estimate of drug-likeness (QED) is 0.638. The predicted molar refractivity (Wildman–Crippen MR) is 112 cm³/mol. The summed E-state index contributed by atoms with van der Waals surface area (Å²) in [7, 11) is 0. The Labute approximate surface area is 169 Å². The molecule has 6 nitrogen and oxygen atoms in total. The fraction of sp³-hybridized carbons (Fsp3) is 0.435. The van der Waals surface area contributed by atoms with Crippen molar-refractivity contribution in [1.29, 1.82) is 0 Å². The number of carbonyl (C=O) groups excluding carboxylic acids is 1. The smallest absolute Gasteiger partial charge is 0.252 e. The van der Waals surface area contributed by atoms with Gasteiger partial charge in [-0.15, -0.1) is 0 Å². The highest BCUT2D eigenvalue weighted by atomic mass is 16.2. The van der Waals surface area contributed by atoms with Crippen molar-refractivity contribution in [3.05, 3.63) is 63.5 Å². The fourth-order valence-corrected chi connectivity index (χ4v) is 4.85. The monoisotopic (exact) mass is 390 g/mol. The zero-order valence-corrected chi connectivity index (χ0v) is 16.5. The van der Waals surface area contributed by atoms with Crippen molar-refractivity contribution in [3.63, 3.8) is 0 Å². The molecule has 2 aliphatic rings. The topological polar surface area (TPSA) is 90.6 Å². The van der Waals surface area contributed by atoms with Crippen molar-refractivity contribution in [1.82, 2.24) is 20.3 Å². The van der Waals surface area contributed by atoms with Crippen LogP contribution in [0.3, 0.4) is 0 Å². The number of aromatic amines is 2.